The molecular weight excluding hydrogens is 250 g/mol. The average Bonchev–Trinajstić information content (AvgIpc) is 2.52. The molecule has 0 aliphatic carbocycles. The van der Waals surface area contributed by atoms with Crippen molar-refractivity contribution >= 4 is 5.91 Å². The zero-order valence-electron chi connectivity index (χ0n) is 12.2. The van der Waals surface area contributed by atoms with Gasteiger partial charge >= 0.3 is 0 Å². The van der Waals surface area contributed by atoms with E-state index in [0.717, 1.165) is 31.5 Å². The molecule has 0 bridgehead atoms. The van der Waals surface area contributed by atoms with E-state index in [2.05, 4.69) is 15.2 Å². The second-order valence-corrected chi connectivity index (χ2v) is 5.47. The van der Waals surface area contributed by atoms with Crippen LogP contribution in [0.15, 0.2) is 24.5 Å². The van der Waals surface area contributed by atoms with E-state index in [1.54, 1.807) is 6.20 Å². The molecule has 1 aliphatic heterocycles. The van der Waals surface area contributed by atoms with Gasteiger partial charge in [0.1, 0.15) is 0 Å². The predicted octanol–water partition coefficient (Wildman–Crippen LogP) is 2.01. The fraction of sp³-hybridized carbons (Fsp3) is 0.625. The molecule has 20 heavy (non-hydrogen) atoms. The van der Waals surface area contributed by atoms with Gasteiger partial charge in [-0.2, -0.15) is 0 Å². The quantitative estimate of drug-likeness (QED) is 0.774. The molecule has 0 aromatic carbocycles. The van der Waals surface area contributed by atoms with E-state index >= 15 is 0 Å². The normalized spacial score (nSPS) is 16.0. The van der Waals surface area contributed by atoms with Crippen LogP contribution in [0.1, 0.15) is 37.7 Å². The number of pyridine rings is 1. The number of rotatable bonds is 7. The number of nitrogens with one attached hydrogen (secondary N) is 1. The maximum Gasteiger partial charge on any atom is 0.220 e. The summed E-state index contributed by atoms with van der Waals surface area (Å²) in [6.07, 6.45) is 9.99. The van der Waals surface area contributed by atoms with Crippen LogP contribution in [0.25, 0.3) is 0 Å². The third kappa shape index (κ3) is 5.70. The van der Waals surface area contributed by atoms with E-state index in [9.17, 15) is 4.79 Å². The summed E-state index contributed by atoms with van der Waals surface area (Å²) in [6.45, 7) is 4.37. The largest absolute Gasteiger partial charge is 0.356 e. The Kier molecular flexibility index (Phi) is 6.51. The number of carbonyl (C=O) groups is 1. The molecule has 2 rings (SSSR count). The van der Waals surface area contributed by atoms with Gasteiger partial charge in [0.05, 0.1) is 0 Å². The Labute approximate surface area is 121 Å². The Balaban J connectivity index is 1.51. The molecule has 2 heterocycles. The summed E-state index contributed by atoms with van der Waals surface area (Å²) in [5, 5.41) is 3.01. The second kappa shape index (κ2) is 8.69. The summed E-state index contributed by atoms with van der Waals surface area (Å²) in [6, 6.07) is 3.92. The minimum absolute atomic E-state index is 0.146. The van der Waals surface area contributed by atoms with E-state index < -0.39 is 0 Å². The number of aryl methyl sites for hydroxylation is 1. The number of aromatic nitrogens is 1. The van der Waals surface area contributed by atoms with Gasteiger partial charge in [-0.3, -0.25) is 9.78 Å². The highest BCUT2D eigenvalue weighted by Crippen LogP contribution is 2.08. The van der Waals surface area contributed by atoms with Gasteiger partial charge < -0.3 is 10.2 Å². The predicted molar refractivity (Wildman–Crippen MR) is 80.5 cm³/mol. The van der Waals surface area contributed by atoms with Crippen molar-refractivity contribution < 1.29 is 4.79 Å². The summed E-state index contributed by atoms with van der Waals surface area (Å²) < 4.78 is 0. The van der Waals surface area contributed by atoms with Crippen LogP contribution < -0.4 is 5.32 Å². The maximum atomic E-state index is 11.7. The van der Waals surface area contributed by atoms with Gasteiger partial charge in [0, 0.05) is 25.4 Å². The molecule has 0 saturated carbocycles. The van der Waals surface area contributed by atoms with Crippen LogP contribution in [0.3, 0.4) is 0 Å². The number of likely N-dealkylation sites (tertiary alicyclic amines) is 1. The molecule has 1 aromatic heterocycles. The monoisotopic (exact) mass is 275 g/mol. The van der Waals surface area contributed by atoms with Crippen molar-refractivity contribution in [3.8, 4) is 0 Å². The maximum absolute atomic E-state index is 11.7. The SMILES string of the molecule is O=C(CCc1cccnc1)NCCCN1CCCCC1. The molecule has 1 aliphatic rings. The highest BCUT2D eigenvalue weighted by atomic mass is 16.1. The lowest BCUT2D eigenvalue weighted by Gasteiger charge is -2.26. The number of hydrogen-bond donors (Lipinski definition) is 1. The van der Waals surface area contributed by atoms with Crippen LogP contribution in [0.2, 0.25) is 0 Å². The molecule has 1 amide bonds. The van der Waals surface area contributed by atoms with Crippen molar-refractivity contribution in [3.05, 3.63) is 30.1 Å². The summed E-state index contributed by atoms with van der Waals surface area (Å²) in [5.74, 6) is 0.146. The Bertz CT molecular complexity index is 388. The fourth-order valence-electron chi connectivity index (χ4n) is 2.61. The van der Waals surface area contributed by atoms with Crippen LogP contribution in [-0.4, -0.2) is 42.0 Å². The number of amides is 1. The van der Waals surface area contributed by atoms with E-state index in [-0.39, 0.29) is 5.91 Å². The molecule has 0 unspecified atom stereocenters. The van der Waals surface area contributed by atoms with Crippen LogP contribution in [0, 0.1) is 0 Å². The Morgan fingerprint density at radius 1 is 1.30 bits per heavy atom. The zero-order chi connectivity index (χ0) is 14.0. The molecule has 110 valence electrons. The van der Waals surface area contributed by atoms with E-state index in [1.807, 2.05) is 18.3 Å². The van der Waals surface area contributed by atoms with Crippen LogP contribution in [0.5, 0.6) is 0 Å². The molecule has 0 radical (unpaired) electrons. The summed E-state index contributed by atoms with van der Waals surface area (Å²) in [4.78, 5) is 18.3. The first-order chi connectivity index (χ1) is 9.84. The molecule has 0 atom stereocenters. The van der Waals surface area contributed by atoms with Crippen LogP contribution in [0.4, 0.5) is 0 Å². The molecule has 0 spiro atoms. The minimum Gasteiger partial charge on any atom is -0.356 e. The van der Waals surface area contributed by atoms with E-state index in [4.69, 9.17) is 0 Å². The summed E-state index contributed by atoms with van der Waals surface area (Å²) in [7, 11) is 0. The van der Waals surface area contributed by atoms with Crippen LogP contribution in [-0.2, 0) is 11.2 Å². The molecule has 1 saturated heterocycles. The van der Waals surface area contributed by atoms with Crippen molar-refractivity contribution in [3.63, 3.8) is 0 Å². The smallest absolute Gasteiger partial charge is 0.220 e. The van der Waals surface area contributed by atoms with Gasteiger partial charge in [-0.15, -0.1) is 0 Å². The number of hydrogen-bond acceptors (Lipinski definition) is 3. The van der Waals surface area contributed by atoms with Gasteiger partial charge in [0.25, 0.3) is 0 Å². The lowest BCUT2D eigenvalue weighted by molar-refractivity contribution is -0.121. The van der Waals surface area contributed by atoms with Crippen molar-refractivity contribution in [2.24, 2.45) is 0 Å². The van der Waals surface area contributed by atoms with Gasteiger partial charge in [0.2, 0.25) is 5.91 Å². The number of piperidine rings is 1. The third-order valence-corrected chi connectivity index (χ3v) is 3.79. The standard InChI is InChI=1S/C16H25N3O/c20-16(8-7-15-6-4-9-17-14-15)18-10-5-13-19-11-2-1-3-12-19/h4,6,9,14H,1-3,5,7-8,10-13H2,(H,18,20). The highest BCUT2D eigenvalue weighted by Gasteiger charge is 2.09. The number of nitrogens with zero attached hydrogens (tertiary/aromatic N) is 2. The molecule has 4 nitrogen and oxygen atoms in total. The highest BCUT2D eigenvalue weighted by molar-refractivity contribution is 5.76. The van der Waals surface area contributed by atoms with E-state index in [0.29, 0.717) is 6.42 Å². The molecule has 4 heteroatoms. The Morgan fingerprint density at radius 3 is 2.90 bits per heavy atom. The van der Waals surface area contributed by atoms with Gasteiger partial charge in [-0.1, -0.05) is 12.5 Å². The van der Waals surface area contributed by atoms with Crippen molar-refractivity contribution in [1.29, 1.82) is 0 Å². The van der Waals surface area contributed by atoms with Gasteiger partial charge in [-0.25, -0.2) is 0 Å². The molecule has 1 N–H and O–H groups in total. The Morgan fingerprint density at radius 2 is 2.15 bits per heavy atom. The minimum atomic E-state index is 0.146. The van der Waals surface area contributed by atoms with E-state index in [1.165, 1.54) is 32.4 Å². The molecule has 1 fully saturated rings. The van der Waals surface area contributed by atoms with Crippen LogP contribution >= 0.6 is 0 Å². The molecular formula is C16H25N3O. The number of carbonyl (C=O) groups excluding carboxylic acids is 1. The summed E-state index contributed by atoms with van der Waals surface area (Å²) >= 11 is 0. The topological polar surface area (TPSA) is 45.2 Å². The Hall–Kier alpha value is -1.42. The first-order valence-corrected chi connectivity index (χ1v) is 7.72. The molecule has 1 aromatic rings. The van der Waals surface area contributed by atoms with Gasteiger partial charge in [0.15, 0.2) is 0 Å². The van der Waals surface area contributed by atoms with Crippen molar-refractivity contribution in [1.82, 2.24) is 15.2 Å². The van der Waals surface area contributed by atoms with Gasteiger partial charge in [-0.05, 0) is 56.9 Å². The lowest BCUT2D eigenvalue weighted by atomic mass is 10.1. The third-order valence-electron chi connectivity index (χ3n) is 3.79. The second-order valence-electron chi connectivity index (χ2n) is 5.47. The fourth-order valence-corrected chi connectivity index (χ4v) is 2.61. The van der Waals surface area contributed by atoms with Crippen molar-refractivity contribution in [2.75, 3.05) is 26.2 Å². The first-order valence-electron chi connectivity index (χ1n) is 7.72. The first kappa shape index (κ1) is 15.0. The summed E-state index contributed by atoms with van der Waals surface area (Å²) in [5.41, 5.74) is 1.12. The van der Waals surface area contributed by atoms with Crippen molar-refractivity contribution in [2.45, 2.75) is 38.5 Å². The lowest BCUT2D eigenvalue weighted by Crippen LogP contribution is -2.33. The average molecular weight is 275 g/mol. The zero-order valence-corrected chi connectivity index (χ0v) is 12.2.